The second kappa shape index (κ2) is 7.01. The molecule has 2 aromatic rings. The van der Waals surface area contributed by atoms with Gasteiger partial charge in [0, 0.05) is 16.6 Å². The average Bonchev–Trinajstić information content (AvgIpc) is 2.49. The van der Waals surface area contributed by atoms with Gasteiger partial charge in [-0.05, 0) is 44.2 Å². The molecule has 3 heteroatoms. The van der Waals surface area contributed by atoms with Gasteiger partial charge in [-0.1, -0.05) is 52.3 Å². The van der Waals surface area contributed by atoms with E-state index in [4.69, 9.17) is 0 Å². The molecule has 2 nitrogen and oxygen atoms in total. The molecule has 1 atom stereocenters. The summed E-state index contributed by atoms with van der Waals surface area (Å²) in [7, 11) is 1.99. The van der Waals surface area contributed by atoms with Crippen LogP contribution < -0.4 is 0 Å². The first-order valence-corrected chi connectivity index (χ1v) is 7.83. The topological polar surface area (TPSA) is 20.3 Å². The zero-order chi connectivity index (χ0) is 15.4. The summed E-state index contributed by atoms with van der Waals surface area (Å²) < 4.78 is 0.986. The van der Waals surface area contributed by atoms with Gasteiger partial charge in [0.25, 0.3) is 0 Å². The molecule has 2 aromatic carbocycles. The van der Waals surface area contributed by atoms with E-state index in [9.17, 15) is 4.79 Å². The number of ketones is 1. The molecule has 0 heterocycles. The maximum atomic E-state index is 12.5. The van der Waals surface area contributed by atoms with E-state index >= 15 is 0 Å². The second-order valence-corrected chi connectivity index (χ2v) is 6.30. The van der Waals surface area contributed by atoms with Gasteiger partial charge in [-0.15, -0.1) is 0 Å². The first-order chi connectivity index (χ1) is 9.99. The van der Waals surface area contributed by atoms with E-state index in [1.54, 1.807) is 0 Å². The second-order valence-electron chi connectivity index (χ2n) is 5.39. The van der Waals surface area contributed by atoms with Crippen LogP contribution in [0.25, 0.3) is 0 Å². The summed E-state index contributed by atoms with van der Waals surface area (Å²) >= 11 is 3.39. The van der Waals surface area contributed by atoms with Crippen molar-refractivity contribution in [2.24, 2.45) is 0 Å². The molecule has 0 fully saturated rings. The van der Waals surface area contributed by atoms with Crippen molar-refractivity contribution in [2.75, 3.05) is 7.05 Å². The first kappa shape index (κ1) is 15.9. The Labute approximate surface area is 134 Å². The van der Waals surface area contributed by atoms with Crippen molar-refractivity contribution in [1.82, 2.24) is 4.90 Å². The highest BCUT2D eigenvalue weighted by molar-refractivity contribution is 9.10. The molecule has 0 aromatic heterocycles. The molecule has 0 aliphatic carbocycles. The summed E-state index contributed by atoms with van der Waals surface area (Å²) in [6, 6.07) is 15.7. The molecule has 2 rings (SSSR count). The fraction of sp³-hybridized carbons (Fsp3) is 0.278. The van der Waals surface area contributed by atoms with Crippen molar-refractivity contribution in [3.63, 3.8) is 0 Å². The fourth-order valence-corrected chi connectivity index (χ4v) is 2.51. The Morgan fingerprint density at radius 3 is 2.38 bits per heavy atom. The van der Waals surface area contributed by atoms with Gasteiger partial charge in [-0.2, -0.15) is 0 Å². The van der Waals surface area contributed by atoms with E-state index in [2.05, 4.69) is 39.9 Å². The van der Waals surface area contributed by atoms with E-state index in [0.29, 0.717) is 0 Å². The third-order valence-electron chi connectivity index (χ3n) is 3.85. The van der Waals surface area contributed by atoms with Crippen LogP contribution in [0.2, 0.25) is 0 Å². The van der Waals surface area contributed by atoms with Crippen molar-refractivity contribution >= 4 is 21.7 Å². The number of carbonyl (C=O) groups is 1. The van der Waals surface area contributed by atoms with Gasteiger partial charge in [-0.25, -0.2) is 0 Å². The SMILES string of the molecule is Cc1ccccc1CN(C)C(C)C(=O)c1ccc(Br)cc1. The molecule has 0 radical (unpaired) electrons. The minimum Gasteiger partial charge on any atom is -0.292 e. The minimum atomic E-state index is -0.147. The van der Waals surface area contributed by atoms with Crippen LogP contribution in [0.1, 0.15) is 28.4 Å². The van der Waals surface area contributed by atoms with Crippen molar-refractivity contribution in [1.29, 1.82) is 0 Å². The summed E-state index contributed by atoms with van der Waals surface area (Å²) in [5, 5.41) is 0. The van der Waals surface area contributed by atoms with E-state index in [-0.39, 0.29) is 11.8 Å². The number of aryl methyl sites for hydroxylation is 1. The number of benzene rings is 2. The fourth-order valence-electron chi connectivity index (χ4n) is 2.25. The molecule has 0 saturated heterocycles. The van der Waals surface area contributed by atoms with Crippen molar-refractivity contribution in [3.05, 3.63) is 69.7 Å². The number of hydrogen-bond donors (Lipinski definition) is 0. The predicted molar refractivity (Wildman–Crippen MR) is 90.6 cm³/mol. The molecule has 0 aliphatic rings. The Balaban J connectivity index is 2.08. The lowest BCUT2D eigenvalue weighted by molar-refractivity contribution is 0.0862. The van der Waals surface area contributed by atoms with Gasteiger partial charge in [0.15, 0.2) is 5.78 Å². The number of likely N-dealkylation sites (N-methyl/N-ethyl adjacent to an activating group) is 1. The van der Waals surface area contributed by atoms with E-state index < -0.39 is 0 Å². The normalized spacial score (nSPS) is 12.4. The van der Waals surface area contributed by atoms with Crippen LogP contribution in [-0.2, 0) is 6.54 Å². The van der Waals surface area contributed by atoms with E-state index in [0.717, 1.165) is 16.6 Å². The van der Waals surface area contributed by atoms with Crippen LogP contribution in [0.15, 0.2) is 53.0 Å². The lowest BCUT2D eigenvalue weighted by Crippen LogP contribution is -2.35. The van der Waals surface area contributed by atoms with Gasteiger partial charge >= 0.3 is 0 Å². The number of carbonyl (C=O) groups excluding carboxylic acids is 1. The molecule has 110 valence electrons. The molecule has 21 heavy (non-hydrogen) atoms. The zero-order valence-electron chi connectivity index (χ0n) is 12.6. The highest BCUT2D eigenvalue weighted by Gasteiger charge is 2.20. The lowest BCUT2D eigenvalue weighted by Gasteiger charge is -2.24. The van der Waals surface area contributed by atoms with Crippen molar-refractivity contribution in [2.45, 2.75) is 26.4 Å². The summed E-state index contributed by atoms with van der Waals surface area (Å²) in [4.78, 5) is 14.6. The van der Waals surface area contributed by atoms with Crippen LogP contribution in [0.4, 0.5) is 0 Å². The van der Waals surface area contributed by atoms with Crippen LogP contribution in [0.5, 0.6) is 0 Å². The summed E-state index contributed by atoms with van der Waals surface area (Å²) in [5.41, 5.74) is 3.27. The molecule has 0 aliphatic heterocycles. The summed E-state index contributed by atoms with van der Waals surface area (Å²) in [6.45, 7) is 4.84. The van der Waals surface area contributed by atoms with Crippen molar-refractivity contribution < 1.29 is 4.79 Å². The van der Waals surface area contributed by atoms with Gasteiger partial charge in [0.1, 0.15) is 0 Å². The van der Waals surface area contributed by atoms with Gasteiger partial charge in [0.05, 0.1) is 6.04 Å². The number of halogens is 1. The van der Waals surface area contributed by atoms with Crippen LogP contribution in [0.3, 0.4) is 0 Å². The third kappa shape index (κ3) is 4.02. The number of Topliss-reactive ketones (excluding diaryl/α,β-unsaturated/α-hetero) is 1. The molecule has 0 bridgehead atoms. The van der Waals surface area contributed by atoms with Gasteiger partial charge in [0.2, 0.25) is 0 Å². The quantitative estimate of drug-likeness (QED) is 0.745. The molecule has 0 amide bonds. The van der Waals surface area contributed by atoms with Crippen molar-refractivity contribution in [3.8, 4) is 0 Å². The molecule has 1 unspecified atom stereocenters. The minimum absolute atomic E-state index is 0.147. The van der Waals surface area contributed by atoms with Crippen LogP contribution >= 0.6 is 15.9 Å². The lowest BCUT2D eigenvalue weighted by atomic mass is 10.0. The maximum absolute atomic E-state index is 12.5. The molecular formula is C18H20BrNO. The highest BCUT2D eigenvalue weighted by atomic mass is 79.9. The Morgan fingerprint density at radius 2 is 1.76 bits per heavy atom. The first-order valence-electron chi connectivity index (χ1n) is 7.03. The summed E-state index contributed by atoms with van der Waals surface area (Å²) in [5.74, 6) is 0.151. The predicted octanol–water partition coefficient (Wildman–Crippen LogP) is 4.46. The largest absolute Gasteiger partial charge is 0.292 e. The molecule has 0 spiro atoms. The third-order valence-corrected chi connectivity index (χ3v) is 4.38. The number of rotatable bonds is 5. The Hall–Kier alpha value is -1.45. The van der Waals surface area contributed by atoms with Crippen LogP contribution in [0, 0.1) is 6.92 Å². The molecule has 0 saturated carbocycles. The zero-order valence-corrected chi connectivity index (χ0v) is 14.2. The molecule has 0 N–H and O–H groups in total. The monoisotopic (exact) mass is 345 g/mol. The molecular weight excluding hydrogens is 326 g/mol. The number of hydrogen-bond acceptors (Lipinski definition) is 2. The highest BCUT2D eigenvalue weighted by Crippen LogP contribution is 2.16. The Morgan fingerprint density at radius 1 is 1.14 bits per heavy atom. The maximum Gasteiger partial charge on any atom is 0.179 e. The van der Waals surface area contributed by atoms with Gasteiger partial charge < -0.3 is 0 Å². The van der Waals surface area contributed by atoms with Gasteiger partial charge in [-0.3, -0.25) is 9.69 Å². The Kier molecular flexibility index (Phi) is 5.32. The smallest absolute Gasteiger partial charge is 0.179 e. The number of nitrogens with zero attached hydrogens (tertiary/aromatic N) is 1. The Bertz CT molecular complexity index is 621. The van der Waals surface area contributed by atoms with E-state index in [1.165, 1.54) is 11.1 Å². The average molecular weight is 346 g/mol. The van der Waals surface area contributed by atoms with E-state index in [1.807, 2.05) is 50.4 Å². The van der Waals surface area contributed by atoms with Crippen LogP contribution in [-0.4, -0.2) is 23.8 Å². The summed E-state index contributed by atoms with van der Waals surface area (Å²) in [6.07, 6.45) is 0. The standard InChI is InChI=1S/C18H20BrNO/c1-13-6-4-5-7-16(13)12-20(3)14(2)18(21)15-8-10-17(19)11-9-15/h4-11,14H,12H2,1-3H3.